The lowest BCUT2D eigenvalue weighted by molar-refractivity contribution is -0.274. The van der Waals surface area contributed by atoms with Crippen molar-refractivity contribution in [1.82, 2.24) is 0 Å². The van der Waals surface area contributed by atoms with Gasteiger partial charge in [-0.25, -0.2) is 0 Å². The summed E-state index contributed by atoms with van der Waals surface area (Å²) in [4.78, 5) is 13.1. The first-order valence-corrected chi connectivity index (χ1v) is 9.36. The fourth-order valence-electron chi connectivity index (χ4n) is 4.00. The zero-order valence-electron chi connectivity index (χ0n) is 16.1. The minimum atomic E-state index is -4.74. The molecule has 4 rings (SSSR count). The van der Waals surface area contributed by atoms with E-state index in [0.717, 1.165) is 17.1 Å². The molecule has 0 amide bonds. The minimum absolute atomic E-state index is 0.0321. The molecule has 1 atom stereocenters. The van der Waals surface area contributed by atoms with Crippen LogP contribution in [0.4, 0.5) is 24.5 Å². The molecule has 0 saturated heterocycles. The fourth-order valence-corrected chi connectivity index (χ4v) is 4.00. The molecule has 29 heavy (non-hydrogen) atoms. The van der Waals surface area contributed by atoms with Crippen LogP contribution in [0, 0.1) is 5.41 Å². The van der Waals surface area contributed by atoms with Crippen molar-refractivity contribution < 1.29 is 22.7 Å². The molecule has 1 unspecified atom stereocenters. The molecule has 0 spiro atoms. The van der Waals surface area contributed by atoms with Gasteiger partial charge in [0.05, 0.1) is 17.4 Å². The molecule has 0 radical (unpaired) electrons. The molecule has 0 saturated carbocycles. The van der Waals surface area contributed by atoms with E-state index in [1.165, 1.54) is 12.1 Å². The van der Waals surface area contributed by atoms with Crippen molar-refractivity contribution >= 4 is 17.2 Å². The Morgan fingerprint density at radius 3 is 2.31 bits per heavy atom. The highest BCUT2D eigenvalue weighted by molar-refractivity contribution is 6.01. The molecule has 1 heterocycles. The van der Waals surface area contributed by atoms with Crippen LogP contribution in [0.1, 0.15) is 38.3 Å². The maximum atomic E-state index is 13.1. The normalized spacial score (nSPS) is 20.7. The number of carbonyl (C=O) groups excluding carboxylic acids is 1. The Hall–Kier alpha value is -2.96. The monoisotopic (exact) mass is 402 g/mol. The van der Waals surface area contributed by atoms with Gasteiger partial charge in [0.25, 0.3) is 0 Å². The smallest absolute Gasteiger partial charge is 0.406 e. The number of halogens is 3. The van der Waals surface area contributed by atoms with E-state index in [2.05, 4.69) is 29.2 Å². The topological polar surface area (TPSA) is 50.4 Å². The number of rotatable bonds is 2. The number of fused-ring (bicyclic) bond motifs is 1. The van der Waals surface area contributed by atoms with Crippen molar-refractivity contribution in [3.05, 3.63) is 65.4 Å². The summed E-state index contributed by atoms with van der Waals surface area (Å²) in [7, 11) is 0. The zero-order chi connectivity index (χ0) is 20.8. The summed E-state index contributed by atoms with van der Waals surface area (Å²) in [5.41, 5.74) is 3.70. The maximum Gasteiger partial charge on any atom is 0.573 e. The molecular formula is C22H21F3N2O2. The Labute approximate surface area is 166 Å². The number of alkyl halides is 3. The molecule has 2 aromatic carbocycles. The van der Waals surface area contributed by atoms with Crippen LogP contribution in [0.5, 0.6) is 5.75 Å². The highest BCUT2D eigenvalue weighted by Crippen LogP contribution is 2.45. The zero-order valence-corrected chi connectivity index (χ0v) is 16.1. The molecule has 0 bridgehead atoms. The predicted molar refractivity (Wildman–Crippen MR) is 105 cm³/mol. The Morgan fingerprint density at radius 1 is 1.00 bits per heavy atom. The van der Waals surface area contributed by atoms with Gasteiger partial charge in [-0.15, -0.1) is 13.2 Å². The summed E-state index contributed by atoms with van der Waals surface area (Å²) in [5.74, 6) is -0.261. The second-order valence-corrected chi connectivity index (χ2v) is 8.20. The second-order valence-electron chi connectivity index (χ2n) is 8.20. The maximum absolute atomic E-state index is 13.1. The van der Waals surface area contributed by atoms with Crippen LogP contribution in [-0.2, 0) is 4.79 Å². The Bertz CT molecular complexity index is 978. The van der Waals surface area contributed by atoms with Gasteiger partial charge in [-0.05, 0) is 41.7 Å². The summed E-state index contributed by atoms with van der Waals surface area (Å²) >= 11 is 0. The standard InChI is InChI=1S/C22H21F3N2O2/c1-21(2)11-17-19(18(28)12-21)20(27-16-6-4-3-5-15(16)26-17)13-7-9-14(10-8-13)29-22(23,24)25/h3-10,20,26-27H,11-12H2,1-2H3. The molecular weight excluding hydrogens is 381 g/mol. The van der Waals surface area contributed by atoms with Gasteiger partial charge in [-0.2, -0.15) is 0 Å². The summed E-state index contributed by atoms with van der Waals surface area (Å²) < 4.78 is 41.4. The molecule has 7 heteroatoms. The lowest BCUT2D eigenvalue weighted by Gasteiger charge is -2.34. The van der Waals surface area contributed by atoms with Crippen molar-refractivity contribution in [2.45, 2.75) is 39.1 Å². The predicted octanol–water partition coefficient (Wildman–Crippen LogP) is 5.81. The van der Waals surface area contributed by atoms with Crippen molar-refractivity contribution in [1.29, 1.82) is 0 Å². The van der Waals surface area contributed by atoms with Gasteiger partial charge in [-0.3, -0.25) is 4.79 Å². The third kappa shape index (κ3) is 4.09. The minimum Gasteiger partial charge on any atom is -0.406 e. The number of hydrogen-bond acceptors (Lipinski definition) is 4. The lowest BCUT2D eigenvalue weighted by Crippen LogP contribution is -2.31. The van der Waals surface area contributed by atoms with Crippen LogP contribution in [-0.4, -0.2) is 12.1 Å². The third-order valence-corrected chi connectivity index (χ3v) is 5.17. The molecule has 2 N–H and O–H groups in total. The summed E-state index contributed by atoms with van der Waals surface area (Å²) in [5, 5.41) is 6.81. The molecule has 1 aliphatic heterocycles. The van der Waals surface area contributed by atoms with Gasteiger partial charge in [0.15, 0.2) is 5.78 Å². The highest BCUT2D eigenvalue weighted by atomic mass is 19.4. The van der Waals surface area contributed by atoms with E-state index >= 15 is 0 Å². The molecule has 2 aliphatic rings. The van der Waals surface area contributed by atoms with Crippen molar-refractivity contribution in [3.8, 4) is 5.75 Å². The first-order valence-electron chi connectivity index (χ1n) is 9.36. The number of Topliss-reactive ketones (excluding diaryl/α,β-unsaturated/α-hetero) is 1. The number of ether oxygens (including phenoxy) is 1. The van der Waals surface area contributed by atoms with Crippen molar-refractivity contribution in [2.75, 3.05) is 10.6 Å². The van der Waals surface area contributed by atoms with Crippen molar-refractivity contribution in [2.24, 2.45) is 5.41 Å². The van der Waals surface area contributed by atoms with E-state index in [0.29, 0.717) is 24.0 Å². The van der Waals surface area contributed by atoms with Gasteiger partial charge in [-0.1, -0.05) is 38.1 Å². The van der Waals surface area contributed by atoms with E-state index in [-0.39, 0.29) is 16.9 Å². The average molecular weight is 402 g/mol. The quantitative estimate of drug-likeness (QED) is 0.666. The molecule has 1 aliphatic carbocycles. The Kier molecular flexibility index (Phi) is 4.56. The highest BCUT2D eigenvalue weighted by Gasteiger charge is 2.38. The first kappa shape index (κ1) is 19.4. The van der Waals surface area contributed by atoms with E-state index in [9.17, 15) is 18.0 Å². The molecule has 2 aromatic rings. The number of ketones is 1. The summed E-state index contributed by atoms with van der Waals surface area (Å²) in [6.07, 6.45) is -3.63. The summed E-state index contributed by atoms with van der Waals surface area (Å²) in [6, 6.07) is 12.8. The number of hydrogen-bond donors (Lipinski definition) is 2. The Balaban J connectivity index is 1.77. The molecule has 0 aromatic heterocycles. The molecule has 4 nitrogen and oxygen atoms in total. The van der Waals surface area contributed by atoms with Gasteiger partial charge in [0.2, 0.25) is 0 Å². The number of benzene rings is 2. The van der Waals surface area contributed by atoms with E-state index < -0.39 is 12.4 Å². The fraction of sp³-hybridized carbons (Fsp3) is 0.318. The van der Waals surface area contributed by atoms with Gasteiger partial charge < -0.3 is 15.4 Å². The van der Waals surface area contributed by atoms with Crippen LogP contribution >= 0.6 is 0 Å². The number of para-hydroxylation sites is 2. The van der Waals surface area contributed by atoms with Crippen LogP contribution in [0.2, 0.25) is 0 Å². The SMILES string of the molecule is CC1(C)CC(=O)C2=C(C1)Nc1ccccc1NC2c1ccc(OC(F)(F)F)cc1. The van der Waals surface area contributed by atoms with E-state index in [4.69, 9.17) is 0 Å². The number of allylic oxidation sites excluding steroid dienone is 1. The second kappa shape index (κ2) is 6.83. The summed E-state index contributed by atoms with van der Waals surface area (Å²) in [6.45, 7) is 4.11. The number of nitrogens with one attached hydrogen (secondary N) is 2. The van der Waals surface area contributed by atoms with Gasteiger partial charge in [0.1, 0.15) is 5.75 Å². The van der Waals surface area contributed by atoms with E-state index in [1.807, 2.05) is 24.3 Å². The number of carbonyl (C=O) groups is 1. The van der Waals surface area contributed by atoms with Crippen molar-refractivity contribution in [3.63, 3.8) is 0 Å². The largest absolute Gasteiger partial charge is 0.573 e. The molecule has 0 fully saturated rings. The first-order chi connectivity index (χ1) is 13.6. The Morgan fingerprint density at radius 2 is 1.66 bits per heavy atom. The number of anilines is 2. The third-order valence-electron chi connectivity index (χ3n) is 5.17. The van der Waals surface area contributed by atoms with Gasteiger partial charge in [0, 0.05) is 17.7 Å². The van der Waals surface area contributed by atoms with Crippen LogP contribution in [0.25, 0.3) is 0 Å². The lowest BCUT2D eigenvalue weighted by atomic mass is 9.73. The average Bonchev–Trinajstić information content (AvgIpc) is 2.76. The van der Waals surface area contributed by atoms with E-state index in [1.54, 1.807) is 12.1 Å². The van der Waals surface area contributed by atoms with Crippen LogP contribution < -0.4 is 15.4 Å². The van der Waals surface area contributed by atoms with Gasteiger partial charge >= 0.3 is 6.36 Å². The van der Waals surface area contributed by atoms with Crippen LogP contribution in [0.15, 0.2) is 59.8 Å². The van der Waals surface area contributed by atoms with Crippen LogP contribution in [0.3, 0.4) is 0 Å². The molecule has 152 valence electrons.